The molecule has 29 heavy (non-hydrogen) atoms. The number of hydrogen-bond donors (Lipinski definition) is 2. The molecule has 6 nitrogen and oxygen atoms in total. The molecule has 2 rings (SSSR count). The summed E-state index contributed by atoms with van der Waals surface area (Å²) in [5, 5.41) is 5.74. The maximum absolute atomic E-state index is 12.4. The fraction of sp³-hybridized carbons (Fsp3) is 0.391. The fourth-order valence-electron chi connectivity index (χ4n) is 2.70. The van der Waals surface area contributed by atoms with Crippen LogP contribution in [0.15, 0.2) is 48.5 Å². The first-order valence-electron chi connectivity index (χ1n) is 9.96. The van der Waals surface area contributed by atoms with Crippen molar-refractivity contribution in [1.29, 1.82) is 0 Å². The van der Waals surface area contributed by atoms with Gasteiger partial charge in [0.2, 0.25) is 0 Å². The number of benzene rings is 2. The molecule has 0 aromatic heterocycles. The Morgan fingerprint density at radius 3 is 1.48 bits per heavy atom. The van der Waals surface area contributed by atoms with Gasteiger partial charge in [0.05, 0.1) is 23.3 Å². The minimum absolute atomic E-state index is 0.0123. The number of nitrogens with one attached hydrogen (secondary N) is 2. The molecule has 0 atom stereocenters. The van der Waals surface area contributed by atoms with Crippen molar-refractivity contribution in [2.24, 2.45) is 0 Å². The Morgan fingerprint density at radius 2 is 1.10 bits per heavy atom. The summed E-state index contributed by atoms with van der Waals surface area (Å²) in [5.74, 6) is 0.747. The van der Waals surface area contributed by atoms with Gasteiger partial charge in [-0.05, 0) is 58.4 Å². The number of amides is 2. The number of hydrogen-bond acceptors (Lipinski definition) is 4. The molecule has 156 valence electrons. The van der Waals surface area contributed by atoms with E-state index in [1.807, 2.05) is 39.8 Å². The van der Waals surface area contributed by atoms with Crippen molar-refractivity contribution in [2.45, 2.75) is 46.3 Å². The maximum Gasteiger partial charge on any atom is 0.255 e. The number of ether oxygens (including phenoxy) is 2. The molecule has 0 aliphatic carbocycles. The zero-order valence-corrected chi connectivity index (χ0v) is 17.5. The van der Waals surface area contributed by atoms with Crippen molar-refractivity contribution in [3.8, 4) is 11.5 Å². The van der Waals surface area contributed by atoms with Crippen LogP contribution >= 0.6 is 0 Å². The number of rotatable bonds is 10. The molecule has 0 aliphatic heterocycles. The first kappa shape index (κ1) is 22.3. The predicted molar refractivity (Wildman–Crippen MR) is 114 cm³/mol. The van der Waals surface area contributed by atoms with Crippen LogP contribution in [-0.2, 0) is 0 Å². The first-order chi connectivity index (χ1) is 13.9. The average molecular weight is 399 g/mol. The molecule has 0 bridgehead atoms. The highest BCUT2D eigenvalue weighted by molar-refractivity contribution is 5.97. The monoisotopic (exact) mass is 398 g/mol. The van der Waals surface area contributed by atoms with Crippen LogP contribution in [-0.4, -0.2) is 37.1 Å². The lowest BCUT2D eigenvalue weighted by Gasteiger charge is -2.15. The molecule has 0 aliphatic rings. The van der Waals surface area contributed by atoms with E-state index in [0.717, 1.165) is 0 Å². The minimum Gasteiger partial charge on any atom is -0.490 e. The zero-order chi connectivity index (χ0) is 21.2. The summed E-state index contributed by atoms with van der Waals surface area (Å²) in [4.78, 5) is 24.8. The minimum atomic E-state index is -0.191. The molecular weight excluding hydrogens is 368 g/mol. The van der Waals surface area contributed by atoms with Crippen LogP contribution in [0.4, 0.5) is 0 Å². The van der Waals surface area contributed by atoms with Crippen LogP contribution in [0.3, 0.4) is 0 Å². The molecule has 0 spiro atoms. The van der Waals surface area contributed by atoms with Gasteiger partial charge in [0.15, 0.2) is 0 Å². The standard InChI is InChI=1S/C23H30N2O4/c1-16(2)28-20-12-7-5-10-18(20)22(26)24-14-9-15-25-23(27)19-11-6-8-13-21(19)29-17(3)4/h5-8,10-13,16-17H,9,14-15H2,1-4H3,(H,24,26)(H,25,27). The number of carbonyl (C=O) groups excluding carboxylic acids is 2. The second-order valence-electron chi connectivity index (χ2n) is 7.19. The van der Waals surface area contributed by atoms with Crippen molar-refractivity contribution in [2.75, 3.05) is 13.1 Å². The van der Waals surface area contributed by atoms with Gasteiger partial charge in [0.25, 0.3) is 11.8 Å². The number of carbonyl (C=O) groups is 2. The highest BCUT2D eigenvalue weighted by atomic mass is 16.5. The maximum atomic E-state index is 12.4. The van der Waals surface area contributed by atoms with Crippen LogP contribution in [0.5, 0.6) is 11.5 Å². The van der Waals surface area contributed by atoms with Gasteiger partial charge in [-0.3, -0.25) is 9.59 Å². The second kappa shape index (κ2) is 11.1. The molecule has 2 amide bonds. The van der Waals surface area contributed by atoms with Crippen molar-refractivity contribution in [3.63, 3.8) is 0 Å². The van der Waals surface area contributed by atoms with E-state index in [4.69, 9.17) is 9.47 Å². The Morgan fingerprint density at radius 1 is 0.724 bits per heavy atom. The topological polar surface area (TPSA) is 76.7 Å². The van der Waals surface area contributed by atoms with E-state index in [9.17, 15) is 9.59 Å². The third kappa shape index (κ3) is 7.14. The summed E-state index contributed by atoms with van der Waals surface area (Å²) < 4.78 is 11.4. The van der Waals surface area contributed by atoms with Crippen LogP contribution in [0, 0.1) is 0 Å². The van der Waals surface area contributed by atoms with Crippen LogP contribution < -0.4 is 20.1 Å². The SMILES string of the molecule is CC(C)Oc1ccccc1C(=O)NCCCNC(=O)c1ccccc1OC(C)C. The molecule has 2 aromatic carbocycles. The molecule has 0 heterocycles. The Balaban J connectivity index is 1.81. The second-order valence-corrected chi connectivity index (χ2v) is 7.19. The van der Waals surface area contributed by atoms with Gasteiger partial charge in [0.1, 0.15) is 11.5 Å². The van der Waals surface area contributed by atoms with Crippen LogP contribution in [0.2, 0.25) is 0 Å². The van der Waals surface area contributed by atoms with Crippen molar-refractivity contribution in [3.05, 3.63) is 59.7 Å². The summed E-state index contributed by atoms with van der Waals surface area (Å²) in [6.07, 6.45) is 0.584. The molecule has 0 radical (unpaired) electrons. The quantitative estimate of drug-likeness (QED) is 0.597. The summed E-state index contributed by atoms with van der Waals surface area (Å²) in [7, 11) is 0. The van der Waals surface area contributed by atoms with E-state index >= 15 is 0 Å². The predicted octanol–water partition coefficient (Wildman–Crippen LogP) is 3.81. The van der Waals surface area contributed by atoms with E-state index in [2.05, 4.69) is 10.6 Å². The molecule has 0 saturated heterocycles. The van der Waals surface area contributed by atoms with E-state index in [1.54, 1.807) is 36.4 Å². The largest absolute Gasteiger partial charge is 0.490 e. The Hall–Kier alpha value is -3.02. The highest BCUT2D eigenvalue weighted by Crippen LogP contribution is 2.20. The first-order valence-corrected chi connectivity index (χ1v) is 9.96. The Labute approximate surface area is 172 Å². The number of para-hydroxylation sites is 2. The zero-order valence-electron chi connectivity index (χ0n) is 17.5. The molecule has 2 aromatic rings. The Kier molecular flexibility index (Phi) is 8.52. The lowest BCUT2D eigenvalue weighted by molar-refractivity contribution is 0.0946. The van der Waals surface area contributed by atoms with Gasteiger partial charge in [-0.1, -0.05) is 24.3 Å². The fourth-order valence-corrected chi connectivity index (χ4v) is 2.70. The van der Waals surface area contributed by atoms with E-state index < -0.39 is 0 Å². The van der Waals surface area contributed by atoms with E-state index in [-0.39, 0.29) is 24.0 Å². The van der Waals surface area contributed by atoms with Gasteiger partial charge in [0, 0.05) is 13.1 Å². The van der Waals surface area contributed by atoms with Gasteiger partial charge in [-0.15, -0.1) is 0 Å². The summed E-state index contributed by atoms with van der Waals surface area (Å²) in [5.41, 5.74) is 1.01. The smallest absolute Gasteiger partial charge is 0.255 e. The van der Waals surface area contributed by atoms with Crippen molar-refractivity contribution >= 4 is 11.8 Å². The van der Waals surface area contributed by atoms with Crippen molar-refractivity contribution < 1.29 is 19.1 Å². The summed E-state index contributed by atoms with van der Waals surface area (Å²) in [6.45, 7) is 8.56. The van der Waals surface area contributed by atoms with Gasteiger partial charge >= 0.3 is 0 Å². The van der Waals surface area contributed by atoms with Gasteiger partial charge < -0.3 is 20.1 Å². The normalized spacial score (nSPS) is 10.7. The average Bonchev–Trinajstić information content (AvgIpc) is 2.67. The van der Waals surface area contributed by atoms with Gasteiger partial charge in [-0.2, -0.15) is 0 Å². The Bertz CT molecular complexity index is 751. The van der Waals surface area contributed by atoms with E-state index in [1.165, 1.54) is 0 Å². The summed E-state index contributed by atoms with van der Waals surface area (Å²) in [6, 6.07) is 14.3. The van der Waals surface area contributed by atoms with Crippen LogP contribution in [0.25, 0.3) is 0 Å². The lowest BCUT2D eigenvalue weighted by Crippen LogP contribution is -2.30. The molecule has 2 N–H and O–H groups in total. The molecular formula is C23H30N2O4. The lowest BCUT2D eigenvalue weighted by atomic mass is 10.1. The molecule has 0 saturated carbocycles. The molecule has 0 fully saturated rings. The molecule has 6 heteroatoms. The van der Waals surface area contributed by atoms with Crippen molar-refractivity contribution in [1.82, 2.24) is 10.6 Å². The summed E-state index contributed by atoms with van der Waals surface area (Å²) >= 11 is 0. The van der Waals surface area contributed by atoms with Gasteiger partial charge in [-0.25, -0.2) is 0 Å². The third-order valence-electron chi connectivity index (χ3n) is 3.91. The third-order valence-corrected chi connectivity index (χ3v) is 3.91. The van der Waals surface area contributed by atoms with E-state index in [0.29, 0.717) is 42.1 Å². The molecule has 0 unspecified atom stereocenters. The highest BCUT2D eigenvalue weighted by Gasteiger charge is 2.14. The van der Waals surface area contributed by atoms with Crippen LogP contribution in [0.1, 0.15) is 54.8 Å².